The van der Waals surface area contributed by atoms with Crippen molar-refractivity contribution in [1.82, 2.24) is 10.2 Å². The van der Waals surface area contributed by atoms with E-state index in [4.69, 9.17) is 0 Å². The average molecular weight is 228 g/mol. The maximum Gasteiger partial charge on any atom is 0.234 e. The summed E-state index contributed by atoms with van der Waals surface area (Å²) in [6.45, 7) is 8.50. The van der Waals surface area contributed by atoms with Crippen LogP contribution in [0.2, 0.25) is 0 Å². The van der Waals surface area contributed by atoms with E-state index in [0.29, 0.717) is 18.4 Å². The van der Waals surface area contributed by atoms with Gasteiger partial charge in [0.15, 0.2) is 0 Å². The largest absolute Gasteiger partial charge is 0.395 e. The van der Waals surface area contributed by atoms with E-state index in [2.05, 4.69) is 31.0 Å². The van der Waals surface area contributed by atoms with Crippen LogP contribution in [0.15, 0.2) is 0 Å². The summed E-state index contributed by atoms with van der Waals surface area (Å²) in [7, 11) is 0. The Morgan fingerprint density at radius 3 is 2.81 bits per heavy atom. The van der Waals surface area contributed by atoms with Gasteiger partial charge in [-0.2, -0.15) is 0 Å². The van der Waals surface area contributed by atoms with E-state index < -0.39 is 0 Å². The molecule has 0 saturated carbocycles. The zero-order valence-corrected chi connectivity index (χ0v) is 10.6. The van der Waals surface area contributed by atoms with Gasteiger partial charge in [-0.05, 0) is 24.8 Å². The number of hydrogen-bond acceptors (Lipinski definition) is 3. The molecule has 0 aromatic carbocycles. The summed E-state index contributed by atoms with van der Waals surface area (Å²) in [4.78, 5) is 13.7. The zero-order chi connectivity index (χ0) is 12.1. The lowest BCUT2D eigenvalue weighted by Crippen LogP contribution is -2.43. The molecule has 0 aromatic heterocycles. The van der Waals surface area contributed by atoms with Crippen molar-refractivity contribution in [1.29, 1.82) is 0 Å². The molecule has 4 heteroatoms. The zero-order valence-electron chi connectivity index (χ0n) is 10.6. The van der Waals surface area contributed by atoms with E-state index in [1.54, 1.807) is 0 Å². The molecule has 1 fully saturated rings. The highest BCUT2D eigenvalue weighted by Gasteiger charge is 2.31. The maximum absolute atomic E-state index is 11.6. The molecule has 0 aromatic rings. The first-order valence-corrected chi connectivity index (χ1v) is 6.16. The Morgan fingerprint density at radius 2 is 2.25 bits per heavy atom. The van der Waals surface area contributed by atoms with Crippen molar-refractivity contribution in [3.63, 3.8) is 0 Å². The van der Waals surface area contributed by atoms with Crippen molar-refractivity contribution in [2.45, 2.75) is 33.2 Å². The molecule has 2 N–H and O–H groups in total. The molecule has 0 aliphatic carbocycles. The first-order valence-electron chi connectivity index (χ1n) is 6.16. The molecule has 0 bridgehead atoms. The Bertz CT molecular complexity index is 231. The molecule has 4 nitrogen and oxygen atoms in total. The number of aliphatic hydroxyl groups excluding tert-OH is 1. The normalized spacial score (nSPS) is 26.3. The van der Waals surface area contributed by atoms with Crippen LogP contribution < -0.4 is 5.32 Å². The number of aliphatic hydroxyl groups is 1. The lowest BCUT2D eigenvalue weighted by Gasteiger charge is -2.24. The van der Waals surface area contributed by atoms with Gasteiger partial charge in [-0.3, -0.25) is 9.69 Å². The van der Waals surface area contributed by atoms with Crippen LogP contribution in [0.4, 0.5) is 0 Å². The van der Waals surface area contributed by atoms with Crippen molar-refractivity contribution in [2.24, 2.45) is 11.8 Å². The molecule has 1 aliphatic heterocycles. The van der Waals surface area contributed by atoms with Gasteiger partial charge in [-0.1, -0.05) is 20.8 Å². The van der Waals surface area contributed by atoms with Crippen LogP contribution >= 0.6 is 0 Å². The quantitative estimate of drug-likeness (QED) is 0.719. The first kappa shape index (κ1) is 13.5. The summed E-state index contributed by atoms with van der Waals surface area (Å²) < 4.78 is 0. The number of nitrogens with one attached hydrogen (secondary N) is 1. The molecule has 1 amide bonds. The minimum atomic E-state index is 0.0706. The molecule has 2 unspecified atom stereocenters. The number of nitrogens with zero attached hydrogens (tertiary/aromatic N) is 1. The second-order valence-corrected chi connectivity index (χ2v) is 5.18. The second-order valence-electron chi connectivity index (χ2n) is 5.18. The number of likely N-dealkylation sites (tertiary alicyclic amines) is 1. The number of rotatable bonds is 5. The fraction of sp³-hybridized carbons (Fsp3) is 0.917. The Balaban J connectivity index is 2.33. The van der Waals surface area contributed by atoms with E-state index in [1.807, 2.05) is 0 Å². The van der Waals surface area contributed by atoms with Crippen molar-refractivity contribution < 1.29 is 9.90 Å². The van der Waals surface area contributed by atoms with Gasteiger partial charge in [0.05, 0.1) is 13.2 Å². The van der Waals surface area contributed by atoms with Crippen molar-refractivity contribution >= 4 is 5.91 Å². The molecule has 1 rings (SSSR count). The molecule has 1 aliphatic rings. The van der Waals surface area contributed by atoms with Gasteiger partial charge in [0.25, 0.3) is 0 Å². The summed E-state index contributed by atoms with van der Waals surface area (Å²) in [6, 6.07) is 0.157. The van der Waals surface area contributed by atoms with Crippen molar-refractivity contribution in [3.05, 3.63) is 0 Å². The number of carbonyl (C=O) groups excluding carboxylic acids is 1. The Morgan fingerprint density at radius 1 is 1.56 bits per heavy atom. The van der Waals surface area contributed by atoms with Gasteiger partial charge < -0.3 is 10.4 Å². The van der Waals surface area contributed by atoms with Gasteiger partial charge in [0.2, 0.25) is 5.91 Å². The molecule has 0 spiro atoms. The molecule has 94 valence electrons. The molecular formula is C12H24N2O2. The SMILES string of the molecule is CC(C)CNC(=O)CN1CCC(C)C1CO. The van der Waals surface area contributed by atoms with E-state index >= 15 is 0 Å². The highest BCUT2D eigenvalue weighted by molar-refractivity contribution is 5.78. The van der Waals surface area contributed by atoms with Crippen LogP contribution in [0, 0.1) is 11.8 Å². The summed E-state index contributed by atoms with van der Waals surface area (Å²) in [5.74, 6) is 1.04. The maximum atomic E-state index is 11.6. The molecule has 16 heavy (non-hydrogen) atoms. The lowest BCUT2D eigenvalue weighted by atomic mass is 10.0. The van der Waals surface area contributed by atoms with Crippen molar-refractivity contribution in [2.75, 3.05) is 26.2 Å². The molecule has 1 heterocycles. The van der Waals surface area contributed by atoms with Gasteiger partial charge in [-0.25, -0.2) is 0 Å². The fourth-order valence-corrected chi connectivity index (χ4v) is 2.14. The first-order chi connectivity index (χ1) is 7.54. The minimum Gasteiger partial charge on any atom is -0.395 e. The lowest BCUT2D eigenvalue weighted by molar-refractivity contribution is -0.122. The number of carbonyl (C=O) groups is 1. The summed E-state index contributed by atoms with van der Waals surface area (Å²) in [6.07, 6.45) is 1.07. The topological polar surface area (TPSA) is 52.6 Å². The van der Waals surface area contributed by atoms with Crippen LogP contribution in [0.5, 0.6) is 0 Å². The minimum absolute atomic E-state index is 0.0706. The summed E-state index contributed by atoms with van der Waals surface area (Å²) in [5, 5.41) is 12.2. The van der Waals surface area contributed by atoms with Crippen molar-refractivity contribution in [3.8, 4) is 0 Å². The predicted octanol–water partition coefficient (Wildman–Crippen LogP) is 0.461. The van der Waals surface area contributed by atoms with Crippen LogP contribution in [0.3, 0.4) is 0 Å². The highest BCUT2D eigenvalue weighted by Crippen LogP contribution is 2.22. The third kappa shape index (κ3) is 3.76. The average Bonchev–Trinajstić information content (AvgIpc) is 2.56. The Kier molecular flexibility index (Phi) is 5.22. The van der Waals surface area contributed by atoms with Gasteiger partial charge in [0.1, 0.15) is 0 Å². The van der Waals surface area contributed by atoms with Gasteiger partial charge in [-0.15, -0.1) is 0 Å². The molecular weight excluding hydrogens is 204 g/mol. The second kappa shape index (κ2) is 6.21. The monoisotopic (exact) mass is 228 g/mol. The number of hydrogen-bond donors (Lipinski definition) is 2. The Hall–Kier alpha value is -0.610. The van der Waals surface area contributed by atoms with Crippen LogP contribution in [0.25, 0.3) is 0 Å². The van der Waals surface area contributed by atoms with Gasteiger partial charge >= 0.3 is 0 Å². The number of amides is 1. The predicted molar refractivity (Wildman–Crippen MR) is 64.1 cm³/mol. The summed E-state index contributed by atoms with van der Waals surface area (Å²) >= 11 is 0. The van der Waals surface area contributed by atoms with Crippen LogP contribution in [-0.2, 0) is 4.79 Å². The third-order valence-electron chi connectivity index (χ3n) is 3.24. The van der Waals surface area contributed by atoms with E-state index in [-0.39, 0.29) is 18.6 Å². The van der Waals surface area contributed by atoms with E-state index in [9.17, 15) is 9.90 Å². The summed E-state index contributed by atoms with van der Waals surface area (Å²) in [5.41, 5.74) is 0. The highest BCUT2D eigenvalue weighted by atomic mass is 16.3. The molecule has 1 saturated heterocycles. The third-order valence-corrected chi connectivity index (χ3v) is 3.24. The standard InChI is InChI=1S/C12H24N2O2/c1-9(2)6-13-12(16)7-14-5-4-10(3)11(14)8-15/h9-11,15H,4-8H2,1-3H3,(H,13,16). The van der Waals surface area contributed by atoms with Crippen LogP contribution in [-0.4, -0.2) is 48.2 Å². The van der Waals surface area contributed by atoms with Crippen LogP contribution in [0.1, 0.15) is 27.2 Å². The van der Waals surface area contributed by atoms with Gasteiger partial charge in [0, 0.05) is 12.6 Å². The molecule has 0 radical (unpaired) electrons. The molecule has 2 atom stereocenters. The van der Waals surface area contributed by atoms with E-state index in [1.165, 1.54) is 0 Å². The van der Waals surface area contributed by atoms with E-state index in [0.717, 1.165) is 19.5 Å². The smallest absolute Gasteiger partial charge is 0.234 e. The Labute approximate surface area is 98.0 Å². The fourth-order valence-electron chi connectivity index (χ4n) is 2.14.